The molecule has 0 saturated heterocycles. The maximum absolute atomic E-state index is 11.7. The van der Waals surface area contributed by atoms with E-state index in [1.807, 2.05) is 6.20 Å². The molecule has 0 spiro atoms. The maximum atomic E-state index is 11.7. The van der Waals surface area contributed by atoms with Gasteiger partial charge in [-0.25, -0.2) is 16.8 Å². The van der Waals surface area contributed by atoms with Gasteiger partial charge in [0.1, 0.15) is 0 Å². The Morgan fingerprint density at radius 3 is 1.56 bits per heavy atom. The minimum Gasteiger partial charge on any atom is -0.362 e. The van der Waals surface area contributed by atoms with Crippen LogP contribution in [-0.4, -0.2) is 91.7 Å². The summed E-state index contributed by atoms with van der Waals surface area (Å²) < 4.78 is 110. The van der Waals surface area contributed by atoms with Gasteiger partial charge in [0.2, 0.25) is 0 Å². The van der Waals surface area contributed by atoms with E-state index in [0.29, 0.717) is 0 Å². The van der Waals surface area contributed by atoms with Crippen LogP contribution in [0.15, 0.2) is 37.6 Å². The smallest absolute Gasteiger partial charge is 0.362 e. The number of alkyl halides is 6. The van der Waals surface area contributed by atoms with Gasteiger partial charge in [0.05, 0.1) is 13.3 Å². The van der Waals surface area contributed by atoms with Gasteiger partial charge in [-0.3, -0.25) is 0 Å². The molecular formula is C19H33F6N5O4S2. The van der Waals surface area contributed by atoms with E-state index >= 15 is 0 Å². The second kappa shape index (κ2) is 13.4. The molecule has 0 atom stereocenters. The van der Waals surface area contributed by atoms with Gasteiger partial charge in [-0.05, 0) is 19.0 Å². The molecule has 17 heteroatoms. The van der Waals surface area contributed by atoms with Crippen molar-refractivity contribution in [2.75, 3.05) is 40.5 Å². The minimum atomic E-state index is -6.59. The van der Waals surface area contributed by atoms with Gasteiger partial charge in [0.15, 0.2) is 0 Å². The van der Waals surface area contributed by atoms with E-state index in [9.17, 15) is 43.2 Å². The summed E-state index contributed by atoms with van der Waals surface area (Å²) in [6, 6.07) is 0. The summed E-state index contributed by atoms with van der Waals surface area (Å²) in [4.78, 5) is 9.05. The Labute approximate surface area is 209 Å². The molecule has 2 aliphatic rings. The monoisotopic (exact) mass is 573 g/mol. The fourth-order valence-electron chi connectivity index (χ4n) is 2.89. The molecule has 2 heterocycles. The number of hydrogen-bond donors (Lipinski definition) is 0. The number of sulfonamides is 2. The molecule has 0 aromatic carbocycles. The number of hydrogen-bond acceptors (Lipinski definition) is 8. The van der Waals surface area contributed by atoms with Crippen LogP contribution in [-0.2, 0) is 20.0 Å². The van der Waals surface area contributed by atoms with Gasteiger partial charge >= 0.3 is 31.1 Å². The second-order valence-corrected chi connectivity index (χ2v) is 11.8. The first-order valence-corrected chi connectivity index (χ1v) is 13.1. The lowest BCUT2D eigenvalue weighted by molar-refractivity contribution is -0.0523. The molecule has 0 unspecified atom stereocenters. The third-order valence-electron chi connectivity index (χ3n) is 4.89. The average molecular weight is 574 g/mol. The average Bonchev–Trinajstić information content (AvgIpc) is 3.37. The molecule has 0 bridgehead atoms. The minimum absolute atomic E-state index is 0. The summed E-state index contributed by atoms with van der Waals surface area (Å²) in [5.41, 5.74) is -12.3. The van der Waals surface area contributed by atoms with Crippen LogP contribution >= 0.6 is 0 Å². The highest BCUT2D eigenvalue weighted by molar-refractivity contribution is 8.04. The van der Waals surface area contributed by atoms with Crippen molar-refractivity contribution in [1.29, 1.82) is 0 Å². The summed E-state index contributed by atoms with van der Waals surface area (Å²) in [6.45, 7) is 8.14. The fraction of sp³-hybridized carbons (Fsp3) is 0.684. The zero-order chi connectivity index (χ0) is 27.1. The Bertz CT molecular complexity index is 924. The number of rotatable bonds is 10. The molecule has 0 fully saturated rings. The van der Waals surface area contributed by atoms with Crippen molar-refractivity contribution < 1.29 is 43.2 Å². The van der Waals surface area contributed by atoms with Gasteiger partial charge in [0, 0.05) is 52.0 Å². The largest absolute Gasteiger partial charge is 0.512 e. The molecule has 0 saturated carbocycles. The zero-order valence-electron chi connectivity index (χ0n) is 19.2. The summed E-state index contributed by atoms with van der Waals surface area (Å²) in [7, 11) is -11.4. The molecule has 0 aromatic heterocycles. The summed E-state index contributed by atoms with van der Waals surface area (Å²) >= 11 is 0. The summed E-state index contributed by atoms with van der Waals surface area (Å²) in [5, 5.41) is 0. The van der Waals surface area contributed by atoms with Crippen molar-refractivity contribution in [1.82, 2.24) is 23.3 Å². The van der Waals surface area contributed by atoms with E-state index in [0.717, 1.165) is 19.9 Å². The second-order valence-electron chi connectivity index (χ2n) is 7.65. The van der Waals surface area contributed by atoms with E-state index in [2.05, 4.69) is 58.0 Å². The molecule has 2 aliphatic heterocycles. The van der Waals surface area contributed by atoms with Crippen molar-refractivity contribution >= 4 is 20.0 Å². The molecule has 0 aliphatic carbocycles. The van der Waals surface area contributed by atoms with Gasteiger partial charge in [-0.2, -0.15) is 26.3 Å². The van der Waals surface area contributed by atoms with E-state index in [1.165, 1.54) is 32.2 Å². The number of unbranched alkanes of at least 4 members (excludes halogenated alkanes) is 3. The van der Waals surface area contributed by atoms with Crippen LogP contribution in [0.1, 0.15) is 33.1 Å². The lowest BCUT2D eigenvalue weighted by Gasteiger charge is -2.19. The highest BCUT2D eigenvalue weighted by Crippen LogP contribution is 2.33. The third-order valence-corrected chi connectivity index (χ3v) is 8.59. The first kappa shape index (κ1) is 33.9. The van der Waals surface area contributed by atoms with E-state index < -0.39 is 34.8 Å². The van der Waals surface area contributed by atoms with Crippen LogP contribution < -0.4 is 0 Å². The van der Waals surface area contributed by atoms with Gasteiger partial charge in [-0.1, -0.05) is 30.6 Å². The standard InChI is InChI=1S/C15H26N4.C3H3F6NO4S2.CH4/c1-3-17-12-13-19(15-17)9-7-5-4-6-8-18-11-10-16(2)14-18;1-10(15(11,12)2(4,5)6)16(13,14)3(7,8)9;/h3,10-13H,1,4-9,14-15H2,2H3;1H3;1H4. The van der Waals surface area contributed by atoms with Gasteiger partial charge < -0.3 is 19.6 Å². The Hall–Kier alpha value is -2.14. The van der Waals surface area contributed by atoms with Gasteiger partial charge in [0.25, 0.3) is 0 Å². The van der Waals surface area contributed by atoms with Crippen molar-refractivity contribution in [3.05, 3.63) is 37.6 Å². The zero-order valence-corrected chi connectivity index (χ0v) is 20.8. The van der Waals surface area contributed by atoms with Crippen molar-refractivity contribution in [2.45, 2.75) is 44.1 Å². The van der Waals surface area contributed by atoms with Crippen molar-refractivity contribution in [3.8, 4) is 0 Å². The normalized spacial score (nSPS) is 16.4. The molecule has 0 aromatic rings. The van der Waals surface area contributed by atoms with Crippen LogP contribution in [0.2, 0.25) is 0 Å². The Balaban J connectivity index is 0.000000674. The van der Waals surface area contributed by atoms with Crippen LogP contribution in [0.25, 0.3) is 0 Å². The number of halogens is 6. The van der Waals surface area contributed by atoms with Crippen LogP contribution in [0.5, 0.6) is 0 Å². The highest BCUT2D eigenvalue weighted by atomic mass is 32.3. The lowest BCUT2D eigenvalue weighted by atomic mass is 10.2. The molecular weight excluding hydrogens is 540 g/mol. The van der Waals surface area contributed by atoms with Gasteiger partial charge in [-0.15, -0.1) is 0 Å². The maximum Gasteiger partial charge on any atom is 0.512 e. The van der Waals surface area contributed by atoms with Crippen LogP contribution in [0, 0.1) is 0 Å². The lowest BCUT2D eigenvalue weighted by Crippen LogP contribution is -2.46. The van der Waals surface area contributed by atoms with E-state index in [-0.39, 0.29) is 14.5 Å². The Kier molecular flexibility index (Phi) is 12.6. The quantitative estimate of drug-likeness (QED) is 0.289. The SMILES string of the molecule is C.C=CN1C=CN(CCCCCCN2C=CN(C)C2)C1.CN(S(=O)(=O)C(F)(F)F)S(=O)(=O)C(F)(F)F. The molecule has 0 radical (unpaired) electrons. The first-order chi connectivity index (χ1) is 15.9. The van der Waals surface area contributed by atoms with Crippen molar-refractivity contribution in [3.63, 3.8) is 0 Å². The Morgan fingerprint density at radius 1 is 0.806 bits per heavy atom. The molecule has 0 N–H and O–H groups in total. The predicted octanol–water partition coefficient (Wildman–Crippen LogP) is 3.67. The molecule has 9 nitrogen and oxygen atoms in total. The molecule has 36 heavy (non-hydrogen) atoms. The van der Waals surface area contributed by atoms with Crippen LogP contribution in [0.3, 0.4) is 0 Å². The van der Waals surface area contributed by atoms with E-state index in [4.69, 9.17) is 0 Å². The third kappa shape index (κ3) is 9.38. The summed E-state index contributed by atoms with van der Waals surface area (Å²) in [6.07, 6.45) is 15.7. The van der Waals surface area contributed by atoms with Crippen molar-refractivity contribution in [2.24, 2.45) is 0 Å². The topological polar surface area (TPSA) is 84.5 Å². The predicted molar refractivity (Wildman–Crippen MR) is 124 cm³/mol. The number of nitrogens with zero attached hydrogens (tertiary/aromatic N) is 5. The molecule has 2 rings (SSSR count). The van der Waals surface area contributed by atoms with E-state index in [1.54, 1.807) is 0 Å². The molecule has 212 valence electrons. The highest BCUT2D eigenvalue weighted by Gasteiger charge is 2.59. The summed E-state index contributed by atoms with van der Waals surface area (Å²) in [5.74, 6) is 0. The molecule has 0 amide bonds. The van der Waals surface area contributed by atoms with Crippen LogP contribution in [0.4, 0.5) is 26.3 Å². The fourth-order valence-corrected chi connectivity index (χ4v) is 5.01. The Morgan fingerprint density at radius 2 is 1.22 bits per heavy atom. The first-order valence-electron chi connectivity index (χ1n) is 10.2.